The van der Waals surface area contributed by atoms with Crippen molar-refractivity contribution in [3.05, 3.63) is 41.0 Å². The summed E-state index contributed by atoms with van der Waals surface area (Å²) >= 11 is 6.01. The van der Waals surface area contributed by atoms with Crippen LogP contribution in [0.3, 0.4) is 0 Å². The topological polar surface area (TPSA) is 76.5 Å². The molecule has 0 bridgehead atoms. The van der Waals surface area contributed by atoms with E-state index >= 15 is 0 Å². The van der Waals surface area contributed by atoms with Crippen LogP contribution in [0.5, 0.6) is 0 Å². The van der Waals surface area contributed by atoms with E-state index in [1.165, 1.54) is 0 Å². The van der Waals surface area contributed by atoms with Gasteiger partial charge in [-0.3, -0.25) is 0 Å². The zero-order chi connectivity index (χ0) is 12.7. The molecular formula is C12H6ClNO4. The largest absolute Gasteiger partial charge is 0.477 e. The van der Waals surface area contributed by atoms with E-state index in [-0.39, 0.29) is 17.1 Å². The van der Waals surface area contributed by atoms with Crippen molar-refractivity contribution in [2.45, 2.75) is 0 Å². The van der Waals surface area contributed by atoms with E-state index in [4.69, 9.17) is 25.6 Å². The molecule has 0 saturated carbocycles. The predicted octanol–water partition coefficient (Wildman–Crippen LogP) is 3.44. The van der Waals surface area contributed by atoms with E-state index in [1.807, 2.05) is 0 Å². The maximum Gasteiger partial charge on any atom is 0.341 e. The highest BCUT2D eigenvalue weighted by Crippen LogP contribution is 2.33. The zero-order valence-electron chi connectivity index (χ0n) is 8.88. The Bertz CT molecular complexity index is 743. The van der Waals surface area contributed by atoms with Gasteiger partial charge in [-0.05, 0) is 18.2 Å². The summed E-state index contributed by atoms with van der Waals surface area (Å²) < 4.78 is 10.4. The van der Waals surface area contributed by atoms with E-state index in [9.17, 15) is 4.79 Å². The Labute approximate surface area is 106 Å². The second kappa shape index (κ2) is 3.89. The van der Waals surface area contributed by atoms with Crippen molar-refractivity contribution in [1.29, 1.82) is 0 Å². The lowest BCUT2D eigenvalue weighted by molar-refractivity contribution is 0.0697. The summed E-state index contributed by atoms with van der Waals surface area (Å²) in [6, 6.07) is 6.84. The number of halogens is 1. The summed E-state index contributed by atoms with van der Waals surface area (Å²) in [5, 5.41) is 13.7. The second-order valence-corrected chi connectivity index (χ2v) is 4.04. The predicted molar refractivity (Wildman–Crippen MR) is 63.7 cm³/mol. The first-order valence-corrected chi connectivity index (χ1v) is 5.41. The molecular weight excluding hydrogens is 258 g/mol. The van der Waals surface area contributed by atoms with Crippen molar-refractivity contribution in [2.75, 3.05) is 0 Å². The molecule has 2 aromatic heterocycles. The average Bonchev–Trinajstić information content (AvgIpc) is 2.95. The van der Waals surface area contributed by atoms with Gasteiger partial charge in [0.05, 0.1) is 11.2 Å². The molecule has 0 aliphatic carbocycles. The molecule has 0 amide bonds. The highest BCUT2D eigenvalue weighted by molar-refractivity contribution is 6.35. The average molecular weight is 264 g/mol. The fourth-order valence-electron chi connectivity index (χ4n) is 1.71. The highest BCUT2D eigenvalue weighted by atomic mass is 35.5. The first kappa shape index (κ1) is 10.9. The Morgan fingerprint density at radius 1 is 1.39 bits per heavy atom. The van der Waals surface area contributed by atoms with Crippen LogP contribution in [-0.4, -0.2) is 16.2 Å². The third-order valence-corrected chi connectivity index (χ3v) is 2.86. The van der Waals surface area contributed by atoms with Gasteiger partial charge in [-0.25, -0.2) is 4.79 Å². The summed E-state index contributed by atoms with van der Waals surface area (Å²) in [7, 11) is 0. The van der Waals surface area contributed by atoms with Crippen LogP contribution >= 0.6 is 11.6 Å². The Morgan fingerprint density at radius 3 is 2.94 bits per heavy atom. The van der Waals surface area contributed by atoms with Crippen LogP contribution in [0.4, 0.5) is 0 Å². The molecule has 1 N–H and O–H groups in total. The van der Waals surface area contributed by atoms with Gasteiger partial charge in [-0.1, -0.05) is 22.8 Å². The monoisotopic (exact) mass is 263 g/mol. The Morgan fingerprint density at radius 2 is 2.22 bits per heavy atom. The van der Waals surface area contributed by atoms with Gasteiger partial charge in [-0.15, -0.1) is 0 Å². The molecule has 3 aromatic rings. The SMILES string of the molecule is O=C(O)c1cnoc1-c1cc2c(Cl)cccc2o1. The van der Waals surface area contributed by atoms with Gasteiger partial charge in [0.1, 0.15) is 11.1 Å². The van der Waals surface area contributed by atoms with Crippen molar-refractivity contribution in [3.63, 3.8) is 0 Å². The number of benzene rings is 1. The highest BCUT2D eigenvalue weighted by Gasteiger charge is 2.20. The lowest BCUT2D eigenvalue weighted by Crippen LogP contribution is -1.95. The van der Waals surface area contributed by atoms with Crippen molar-refractivity contribution in [1.82, 2.24) is 5.16 Å². The molecule has 2 heterocycles. The summed E-state index contributed by atoms with van der Waals surface area (Å²) in [6.45, 7) is 0. The smallest absolute Gasteiger partial charge is 0.341 e. The molecule has 0 radical (unpaired) electrons. The van der Waals surface area contributed by atoms with Crippen molar-refractivity contribution >= 4 is 28.5 Å². The van der Waals surface area contributed by atoms with E-state index in [1.54, 1.807) is 24.3 Å². The summed E-state index contributed by atoms with van der Waals surface area (Å²) in [6.07, 6.45) is 1.13. The number of fused-ring (bicyclic) bond motifs is 1. The van der Waals surface area contributed by atoms with Gasteiger partial charge < -0.3 is 14.0 Å². The molecule has 0 aliphatic heterocycles. The first-order valence-electron chi connectivity index (χ1n) is 5.03. The lowest BCUT2D eigenvalue weighted by atomic mass is 10.2. The fraction of sp³-hybridized carbons (Fsp3) is 0. The molecule has 18 heavy (non-hydrogen) atoms. The summed E-state index contributed by atoms with van der Waals surface area (Å²) in [4.78, 5) is 11.0. The van der Waals surface area contributed by atoms with Gasteiger partial charge >= 0.3 is 5.97 Å². The Hall–Kier alpha value is -2.27. The van der Waals surface area contributed by atoms with Crippen LogP contribution in [0.25, 0.3) is 22.5 Å². The molecule has 0 atom stereocenters. The normalized spacial score (nSPS) is 10.9. The fourth-order valence-corrected chi connectivity index (χ4v) is 1.93. The van der Waals surface area contributed by atoms with Crippen molar-refractivity contribution in [3.8, 4) is 11.5 Å². The molecule has 5 nitrogen and oxygen atoms in total. The molecule has 6 heteroatoms. The molecule has 1 aromatic carbocycles. The van der Waals surface area contributed by atoms with Gasteiger partial charge in [0.15, 0.2) is 5.76 Å². The van der Waals surface area contributed by atoms with E-state index in [2.05, 4.69) is 5.16 Å². The van der Waals surface area contributed by atoms with Gasteiger partial charge in [0, 0.05) is 5.39 Å². The number of carboxylic acid groups (broad SMARTS) is 1. The van der Waals surface area contributed by atoms with Crippen LogP contribution in [0.1, 0.15) is 10.4 Å². The number of aromatic carboxylic acids is 1. The first-order chi connectivity index (χ1) is 8.66. The van der Waals surface area contributed by atoms with Crippen LogP contribution in [0, 0.1) is 0 Å². The summed E-state index contributed by atoms with van der Waals surface area (Å²) in [5.41, 5.74) is 0.510. The minimum atomic E-state index is -1.13. The molecule has 0 spiro atoms. The van der Waals surface area contributed by atoms with Crippen molar-refractivity contribution in [2.24, 2.45) is 0 Å². The minimum Gasteiger partial charge on any atom is -0.477 e. The molecule has 3 rings (SSSR count). The lowest BCUT2D eigenvalue weighted by Gasteiger charge is -1.90. The van der Waals surface area contributed by atoms with Crippen molar-refractivity contribution < 1.29 is 18.8 Å². The maximum atomic E-state index is 11.0. The third kappa shape index (κ3) is 1.56. The zero-order valence-corrected chi connectivity index (χ0v) is 9.64. The number of furan rings is 1. The van der Waals surface area contributed by atoms with Crippen LogP contribution in [0.2, 0.25) is 5.02 Å². The van der Waals surface area contributed by atoms with Crippen LogP contribution in [-0.2, 0) is 0 Å². The number of nitrogens with zero attached hydrogens (tertiary/aromatic N) is 1. The minimum absolute atomic E-state index is 0.0508. The number of rotatable bonds is 2. The number of carbonyl (C=O) groups is 1. The van der Waals surface area contributed by atoms with Gasteiger partial charge in [0.25, 0.3) is 0 Å². The second-order valence-electron chi connectivity index (χ2n) is 3.64. The number of hydrogen-bond donors (Lipinski definition) is 1. The quantitative estimate of drug-likeness (QED) is 0.766. The number of carboxylic acids is 1. The Balaban J connectivity index is 2.23. The Kier molecular flexibility index (Phi) is 2.34. The molecule has 90 valence electrons. The van der Waals surface area contributed by atoms with E-state index in [0.29, 0.717) is 16.0 Å². The van der Waals surface area contributed by atoms with E-state index < -0.39 is 5.97 Å². The van der Waals surface area contributed by atoms with Crippen LogP contribution < -0.4 is 0 Å². The van der Waals surface area contributed by atoms with Gasteiger partial charge in [-0.2, -0.15) is 0 Å². The number of aromatic nitrogens is 1. The van der Waals surface area contributed by atoms with E-state index in [0.717, 1.165) is 6.20 Å². The number of hydrogen-bond acceptors (Lipinski definition) is 4. The maximum absolute atomic E-state index is 11.0. The molecule has 0 aliphatic rings. The molecule has 0 unspecified atom stereocenters. The molecule has 0 fully saturated rings. The summed E-state index contributed by atoms with van der Waals surface area (Å²) in [5.74, 6) is -0.763. The van der Waals surface area contributed by atoms with Gasteiger partial charge in [0.2, 0.25) is 5.76 Å². The third-order valence-electron chi connectivity index (χ3n) is 2.53. The molecule has 0 saturated heterocycles. The van der Waals surface area contributed by atoms with Crippen LogP contribution in [0.15, 0.2) is 39.4 Å². The standard InChI is InChI=1S/C12H6ClNO4/c13-8-2-1-3-9-6(8)4-10(17-9)11-7(12(15)16)5-14-18-11/h1-5H,(H,15,16).